The number of halogens is 1. The van der Waals surface area contributed by atoms with E-state index in [9.17, 15) is 0 Å². The Labute approximate surface area is 52.4 Å². The van der Waals surface area contributed by atoms with Gasteiger partial charge in [0.2, 0.25) is 0 Å². The first-order chi connectivity index (χ1) is 3.27. The number of hydrogen-bond acceptors (Lipinski definition) is 0. The van der Waals surface area contributed by atoms with Crippen molar-refractivity contribution in [1.29, 1.82) is 0 Å². The van der Waals surface area contributed by atoms with Gasteiger partial charge < -0.3 is 0 Å². The highest BCUT2D eigenvalue weighted by atomic mass is 79.9. The molecule has 0 amide bonds. The summed E-state index contributed by atoms with van der Waals surface area (Å²) in [6.07, 6.45) is 5.34. The normalized spacial score (nSPS) is 9.29. The van der Waals surface area contributed by atoms with Crippen LogP contribution in [0.2, 0.25) is 0 Å². The molecule has 0 fully saturated rings. The van der Waals surface area contributed by atoms with Gasteiger partial charge in [0.25, 0.3) is 0 Å². The molecule has 0 aliphatic carbocycles. The van der Waals surface area contributed by atoms with E-state index in [4.69, 9.17) is 0 Å². The second kappa shape index (κ2) is 3.88. The minimum Gasteiger partial charge on any atom is -0.0991 e. The van der Waals surface area contributed by atoms with Crippen LogP contribution >= 0.6 is 15.9 Å². The summed E-state index contributed by atoms with van der Waals surface area (Å²) in [5.74, 6) is 0. The molecule has 0 aromatic heterocycles. The molecule has 0 saturated carbocycles. The molecule has 7 heavy (non-hydrogen) atoms. The van der Waals surface area contributed by atoms with Crippen molar-refractivity contribution in [2.45, 2.75) is 0 Å². The predicted molar refractivity (Wildman–Crippen MR) is 37.4 cm³/mol. The maximum atomic E-state index is 3.57. The quantitative estimate of drug-likeness (QED) is 0.543. The predicted octanol–water partition coefficient (Wildman–Crippen LogP) is 2.64. The Morgan fingerprint density at radius 2 is 2.14 bits per heavy atom. The van der Waals surface area contributed by atoms with Gasteiger partial charge >= 0.3 is 0 Å². The Bertz CT molecular complexity index is 101. The van der Waals surface area contributed by atoms with Gasteiger partial charge in [0.1, 0.15) is 0 Å². The standard InChI is InChI=1S/C6H7Br/c1-3-4-5-6(2)7/h3-5H,1-2H2. The van der Waals surface area contributed by atoms with Crippen LogP contribution in [0, 0.1) is 0 Å². The molecular weight excluding hydrogens is 152 g/mol. The second-order valence-electron chi connectivity index (χ2n) is 1.04. The lowest BCUT2D eigenvalue weighted by atomic mass is 10.5. The minimum absolute atomic E-state index is 0.868. The Hall–Kier alpha value is -0.300. The molecular formula is C6H7Br. The van der Waals surface area contributed by atoms with Crippen LogP contribution < -0.4 is 0 Å². The Morgan fingerprint density at radius 3 is 2.29 bits per heavy atom. The molecule has 0 atom stereocenters. The van der Waals surface area contributed by atoms with Gasteiger partial charge in [-0.1, -0.05) is 41.2 Å². The second-order valence-corrected chi connectivity index (χ2v) is 2.06. The van der Waals surface area contributed by atoms with E-state index < -0.39 is 0 Å². The molecule has 0 rings (SSSR count). The first-order valence-corrected chi connectivity index (χ1v) is 2.70. The monoisotopic (exact) mass is 158 g/mol. The smallest absolute Gasteiger partial charge is 0.0103 e. The first kappa shape index (κ1) is 6.70. The van der Waals surface area contributed by atoms with E-state index in [0.717, 1.165) is 4.48 Å². The van der Waals surface area contributed by atoms with Crippen molar-refractivity contribution in [3.05, 3.63) is 35.9 Å². The van der Waals surface area contributed by atoms with E-state index in [1.54, 1.807) is 6.08 Å². The third-order valence-corrected chi connectivity index (χ3v) is 0.677. The van der Waals surface area contributed by atoms with E-state index in [1.165, 1.54) is 0 Å². The number of hydrogen-bond donors (Lipinski definition) is 0. The van der Waals surface area contributed by atoms with Gasteiger partial charge in [-0.15, -0.1) is 0 Å². The van der Waals surface area contributed by atoms with Crippen LogP contribution in [0.4, 0.5) is 0 Å². The Balaban J connectivity index is 3.46. The van der Waals surface area contributed by atoms with E-state index in [2.05, 4.69) is 29.1 Å². The van der Waals surface area contributed by atoms with E-state index in [-0.39, 0.29) is 0 Å². The Morgan fingerprint density at radius 1 is 1.57 bits per heavy atom. The lowest BCUT2D eigenvalue weighted by molar-refractivity contribution is 1.95. The zero-order chi connectivity index (χ0) is 5.70. The average Bonchev–Trinajstić information content (AvgIpc) is 1.61. The van der Waals surface area contributed by atoms with Gasteiger partial charge in [0.05, 0.1) is 0 Å². The maximum absolute atomic E-state index is 3.57. The molecule has 0 saturated heterocycles. The van der Waals surface area contributed by atoms with Gasteiger partial charge in [0.15, 0.2) is 0 Å². The zero-order valence-electron chi connectivity index (χ0n) is 4.02. The third kappa shape index (κ3) is 5.70. The highest BCUT2D eigenvalue weighted by molar-refractivity contribution is 9.11. The SMILES string of the molecule is C=CC=CC(=C)Br. The van der Waals surface area contributed by atoms with Crippen LogP contribution in [0.15, 0.2) is 35.9 Å². The van der Waals surface area contributed by atoms with Crippen LogP contribution in [0.1, 0.15) is 0 Å². The van der Waals surface area contributed by atoms with Crippen molar-refractivity contribution >= 4 is 15.9 Å². The molecule has 0 aromatic carbocycles. The molecule has 0 spiro atoms. The largest absolute Gasteiger partial charge is 0.0991 e. The summed E-state index contributed by atoms with van der Waals surface area (Å²) in [5, 5.41) is 0. The van der Waals surface area contributed by atoms with Crippen molar-refractivity contribution in [3.8, 4) is 0 Å². The zero-order valence-corrected chi connectivity index (χ0v) is 5.61. The summed E-state index contributed by atoms with van der Waals surface area (Å²) >= 11 is 3.15. The molecule has 0 radical (unpaired) electrons. The summed E-state index contributed by atoms with van der Waals surface area (Å²) in [6, 6.07) is 0. The van der Waals surface area contributed by atoms with Crippen molar-refractivity contribution in [1.82, 2.24) is 0 Å². The minimum atomic E-state index is 0.868. The molecule has 0 aliphatic rings. The van der Waals surface area contributed by atoms with Gasteiger partial charge in [-0.25, -0.2) is 0 Å². The molecule has 0 unspecified atom stereocenters. The van der Waals surface area contributed by atoms with Gasteiger partial charge in [0, 0.05) is 4.48 Å². The van der Waals surface area contributed by atoms with Crippen molar-refractivity contribution in [2.75, 3.05) is 0 Å². The van der Waals surface area contributed by atoms with Crippen molar-refractivity contribution in [2.24, 2.45) is 0 Å². The lowest BCUT2D eigenvalue weighted by Gasteiger charge is -1.74. The van der Waals surface area contributed by atoms with E-state index in [1.807, 2.05) is 12.2 Å². The van der Waals surface area contributed by atoms with E-state index >= 15 is 0 Å². The van der Waals surface area contributed by atoms with Gasteiger partial charge in [-0.05, 0) is 6.08 Å². The Kier molecular flexibility index (Phi) is 3.71. The van der Waals surface area contributed by atoms with Gasteiger partial charge in [-0.2, -0.15) is 0 Å². The third-order valence-electron chi connectivity index (χ3n) is 0.413. The molecule has 0 heterocycles. The summed E-state index contributed by atoms with van der Waals surface area (Å²) in [7, 11) is 0. The maximum Gasteiger partial charge on any atom is 0.0103 e. The molecule has 38 valence electrons. The molecule has 1 heteroatoms. The summed E-state index contributed by atoms with van der Waals surface area (Å²) in [4.78, 5) is 0. The van der Waals surface area contributed by atoms with Crippen molar-refractivity contribution < 1.29 is 0 Å². The highest BCUT2D eigenvalue weighted by Crippen LogP contribution is 2.00. The van der Waals surface area contributed by atoms with Crippen LogP contribution in [0.3, 0.4) is 0 Å². The topological polar surface area (TPSA) is 0 Å². The number of rotatable bonds is 2. The fraction of sp³-hybridized carbons (Fsp3) is 0. The first-order valence-electron chi connectivity index (χ1n) is 1.91. The molecule has 0 N–H and O–H groups in total. The molecule has 0 nitrogen and oxygen atoms in total. The summed E-state index contributed by atoms with van der Waals surface area (Å²) in [6.45, 7) is 7.06. The van der Waals surface area contributed by atoms with Crippen LogP contribution in [0.5, 0.6) is 0 Å². The van der Waals surface area contributed by atoms with Crippen LogP contribution in [-0.4, -0.2) is 0 Å². The van der Waals surface area contributed by atoms with Crippen LogP contribution in [-0.2, 0) is 0 Å². The molecule has 0 bridgehead atoms. The van der Waals surface area contributed by atoms with Crippen molar-refractivity contribution in [3.63, 3.8) is 0 Å². The molecule has 0 aromatic rings. The van der Waals surface area contributed by atoms with Gasteiger partial charge in [-0.3, -0.25) is 0 Å². The summed E-state index contributed by atoms with van der Waals surface area (Å²) < 4.78 is 0.868. The average molecular weight is 159 g/mol. The highest BCUT2D eigenvalue weighted by Gasteiger charge is 1.68. The molecule has 0 aliphatic heterocycles. The van der Waals surface area contributed by atoms with Crippen LogP contribution in [0.25, 0.3) is 0 Å². The fourth-order valence-electron chi connectivity index (χ4n) is 0.172. The van der Waals surface area contributed by atoms with E-state index in [0.29, 0.717) is 0 Å². The fourth-order valence-corrected chi connectivity index (χ4v) is 0.325. The summed E-state index contributed by atoms with van der Waals surface area (Å²) in [5.41, 5.74) is 0. The lowest BCUT2D eigenvalue weighted by Crippen LogP contribution is -1.49. The number of allylic oxidation sites excluding steroid dienone is 4.